The van der Waals surface area contributed by atoms with E-state index >= 15 is 0 Å². The van der Waals surface area contributed by atoms with Gasteiger partial charge in [0.2, 0.25) is 5.91 Å². The van der Waals surface area contributed by atoms with Gasteiger partial charge >= 0.3 is 0 Å². The van der Waals surface area contributed by atoms with Gasteiger partial charge in [0.15, 0.2) is 0 Å². The predicted octanol–water partition coefficient (Wildman–Crippen LogP) is 2.67. The molecule has 3 rings (SSSR count). The van der Waals surface area contributed by atoms with Gasteiger partial charge in [-0.1, -0.05) is 18.2 Å². The fraction of sp³-hybridized carbons (Fsp3) is 0.222. The topological polar surface area (TPSA) is 49.4 Å². The molecule has 1 atom stereocenters. The number of amides is 2. The van der Waals surface area contributed by atoms with E-state index in [2.05, 4.69) is 5.32 Å². The summed E-state index contributed by atoms with van der Waals surface area (Å²) in [5, 5.41) is 2.79. The van der Waals surface area contributed by atoms with Crippen LogP contribution in [0.25, 0.3) is 0 Å². The Labute approximate surface area is 138 Å². The van der Waals surface area contributed by atoms with Gasteiger partial charge in [0.1, 0.15) is 11.6 Å². The van der Waals surface area contributed by atoms with Crippen LogP contribution in [0.4, 0.5) is 14.5 Å². The smallest absolute Gasteiger partial charge is 0.253 e. The maximum atomic E-state index is 13.8. The van der Waals surface area contributed by atoms with Crippen molar-refractivity contribution in [2.45, 2.75) is 19.4 Å². The minimum Gasteiger partial charge on any atom is -0.348 e. The number of carbonyl (C=O) groups excluding carboxylic acids is 2. The molecule has 24 heavy (non-hydrogen) atoms. The first kappa shape index (κ1) is 16.1. The first-order valence-electron chi connectivity index (χ1n) is 7.60. The van der Waals surface area contributed by atoms with E-state index in [9.17, 15) is 18.4 Å². The number of hydrogen-bond donors (Lipinski definition) is 1. The average Bonchev–Trinajstić information content (AvgIpc) is 2.68. The zero-order valence-electron chi connectivity index (χ0n) is 13.1. The minimum atomic E-state index is -0.756. The highest BCUT2D eigenvalue weighted by Crippen LogP contribution is 2.25. The van der Waals surface area contributed by atoms with E-state index < -0.39 is 24.0 Å². The first-order valence-corrected chi connectivity index (χ1v) is 7.60. The Hall–Kier alpha value is -2.76. The standard InChI is InChI=1S/C18H16F2N2O2/c1-11-10-22(16-8-3-2-5-12(16)18(24)21-11)17(23)9-13-14(19)6-4-7-15(13)20/h2-8,11H,9-10H2,1H3,(H,21,24)/t11-/m1/s1. The summed E-state index contributed by atoms with van der Waals surface area (Å²) in [5.41, 5.74) is 0.543. The van der Waals surface area contributed by atoms with Crippen LogP contribution < -0.4 is 10.2 Å². The Balaban J connectivity index is 1.96. The highest BCUT2D eigenvalue weighted by Gasteiger charge is 2.28. The van der Waals surface area contributed by atoms with Gasteiger partial charge in [0, 0.05) is 18.2 Å². The van der Waals surface area contributed by atoms with Crippen molar-refractivity contribution in [2.24, 2.45) is 0 Å². The zero-order valence-corrected chi connectivity index (χ0v) is 13.1. The molecule has 0 spiro atoms. The molecule has 4 nitrogen and oxygen atoms in total. The highest BCUT2D eigenvalue weighted by atomic mass is 19.1. The summed E-state index contributed by atoms with van der Waals surface area (Å²) in [4.78, 5) is 26.3. The van der Waals surface area contributed by atoms with Gasteiger partial charge in [-0.2, -0.15) is 0 Å². The normalized spacial score (nSPS) is 17.0. The summed E-state index contributed by atoms with van der Waals surface area (Å²) in [7, 11) is 0. The second kappa shape index (κ2) is 6.39. The third-order valence-corrected chi connectivity index (χ3v) is 3.96. The first-order chi connectivity index (χ1) is 11.5. The molecule has 0 saturated carbocycles. The summed E-state index contributed by atoms with van der Waals surface area (Å²) in [6.45, 7) is 2.01. The van der Waals surface area contributed by atoms with Crippen LogP contribution >= 0.6 is 0 Å². The van der Waals surface area contributed by atoms with Crippen molar-refractivity contribution in [3.63, 3.8) is 0 Å². The number of para-hydroxylation sites is 1. The number of benzene rings is 2. The lowest BCUT2D eigenvalue weighted by Gasteiger charge is -2.24. The Morgan fingerprint density at radius 3 is 2.54 bits per heavy atom. The van der Waals surface area contributed by atoms with Crippen molar-refractivity contribution in [2.75, 3.05) is 11.4 Å². The lowest BCUT2D eigenvalue weighted by atomic mass is 10.1. The number of nitrogens with one attached hydrogen (secondary N) is 1. The fourth-order valence-electron chi connectivity index (χ4n) is 2.80. The van der Waals surface area contributed by atoms with Crippen LogP contribution in [0.15, 0.2) is 42.5 Å². The van der Waals surface area contributed by atoms with Crippen molar-refractivity contribution >= 4 is 17.5 Å². The molecule has 1 heterocycles. The number of rotatable bonds is 2. The van der Waals surface area contributed by atoms with Crippen molar-refractivity contribution in [3.05, 3.63) is 65.2 Å². The van der Waals surface area contributed by atoms with Crippen LogP contribution in [-0.4, -0.2) is 24.4 Å². The molecule has 0 unspecified atom stereocenters. The van der Waals surface area contributed by atoms with Gasteiger partial charge < -0.3 is 10.2 Å². The van der Waals surface area contributed by atoms with Gasteiger partial charge in [-0.3, -0.25) is 9.59 Å². The van der Waals surface area contributed by atoms with Crippen molar-refractivity contribution in [3.8, 4) is 0 Å². The second-order valence-corrected chi connectivity index (χ2v) is 5.77. The molecule has 2 amide bonds. The molecule has 2 aromatic carbocycles. The van der Waals surface area contributed by atoms with E-state index in [0.29, 0.717) is 11.3 Å². The number of nitrogens with zero attached hydrogens (tertiary/aromatic N) is 1. The lowest BCUT2D eigenvalue weighted by molar-refractivity contribution is -0.118. The maximum Gasteiger partial charge on any atom is 0.253 e. The van der Waals surface area contributed by atoms with Gasteiger partial charge in [-0.15, -0.1) is 0 Å². The van der Waals surface area contributed by atoms with E-state index in [-0.39, 0.29) is 24.1 Å². The SMILES string of the molecule is C[C@@H]1CN(C(=O)Cc2c(F)cccc2F)c2ccccc2C(=O)N1. The fourth-order valence-corrected chi connectivity index (χ4v) is 2.80. The minimum absolute atomic E-state index is 0.234. The van der Waals surface area contributed by atoms with E-state index in [1.165, 1.54) is 11.0 Å². The van der Waals surface area contributed by atoms with Crippen LogP contribution in [0, 0.1) is 11.6 Å². The molecule has 1 N–H and O–H groups in total. The number of carbonyl (C=O) groups is 2. The molecule has 124 valence electrons. The van der Waals surface area contributed by atoms with Crippen molar-refractivity contribution < 1.29 is 18.4 Å². The number of halogens is 2. The van der Waals surface area contributed by atoms with E-state index in [4.69, 9.17) is 0 Å². The molecule has 0 bridgehead atoms. The molecule has 1 aliphatic rings. The van der Waals surface area contributed by atoms with Crippen molar-refractivity contribution in [1.29, 1.82) is 0 Å². The Kier molecular flexibility index (Phi) is 4.29. The molecule has 1 aliphatic heterocycles. The van der Waals surface area contributed by atoms with Crippen LogP contribution in [0.3, 0.4) is 0 Å². The summed E-state index contributed by atoms with van der Waals surface area (Å²) in [6, 6.07) is 9.91. The van der Waals surface area contributed by atoms with Gasteiger partial charge in [-0.25, -0.2) is 8.78 Å². The zero-order chi connectivity index (χ0) is 17.3. The molecule has 0 radical (unpaired) electrons. The Morgan fingerprint density at radius 2 is 1.83 bits per heavy atom. The molecular weight excluding hydrogens is 314 g/mol. The van der Waals surface area contributed by atoms with Gasteiger partial charge in [-0.05, 0) is 31.2 Å². The predicted molar refractivity (Wildman–Crippen MR) is 85.8 cm³/mol. The average molecular weight is 330 g/mol. The van der Waals surface area contributed by atoms with E-state index in [1.807, 2.05) is 0 Å². The Morgan fingerprint density at radius 1 is 1.17 bits per heavy atom. The molecule has 6 heteroatoms. The number of hydrogen-bond acceptors (Lipinski definition) is 2. The van der Waals surface area contributed by atoms with Crippen LogP contribution in [-0.2, 0) is 11.2 Å². The summed E-state index contributed by atoms with van der Waals surface area (Å²) >= 11 is 0. The van der Waals surface area contributed by atoms with Gasteiger partial charge in [0.25, 0.3) is 5.91 Å². The molecular formula is C18H16F2N2O2. The van der Waals surface area contributed by atoms with E-state index in [1.54, 1.807) is 31.2 Å². The summed E-state index contributed by atoms with van der Waals surface area (Å²) in [6.07, 6.45) is -0.409. The molecule has 0 saturated heterocycles. The quantitative estimate of drug-likeness (QED) is 0.920. The van der Waals surface area contributed by atoms with E-state index in [0.717, 1.165) is 12.1 Å². The van der Waals surface area contributed by atoms with Crippen LogP contribution in [0.1, 0.15) is 22.8 Å². The highest BCUT2D eigenvalue weighted by molar-refractivity contribution is 6.06. The summed E-state index contributed by atoms with van der Waals surface area (Å²) < 4.78 is 27.6. The van der Waals surface area contributed by atoms with Crippen LogP contribution in [0.2, 0.25) is 0 Å². The maximum absolute atomic E-state index is 13.8. The number of fused-ring (bicyclic) bond motifs is 1. The Bertz CT molecular complexity index is 787. The summed E-state index contributed by atoms with van der Waals surface area (Å²) in [5.74, 6) is -2.25. The largest absolute Gasteiger partial charge is 0.348 e. The van der Waals surface area contributed by atoms with Gasteiger partial charge in [0.05, 0.1) is 17.7 Å². The third-order valence-electron chi connectivity index (χ3n) is 3.96. The van der Waals surface area contributed by atoms with Crippen LogP contribution in [0.5, 0.6) is 0 Å². The molecule has 0 fully saturated rings. The third kappa shape index (κ3) is 2.99. The second-order valence-electron chi connectivity index (χ2n) is 5.77. The monoisotopic (exact) mass is 330 g/mol. The number of anilines is 1. The molecule has 2 aromatic rings. The molecule has 0 aliphatic carbocycles. The molecule has 0 aromatic heterocycles. The van der Waals surface area contributed by atoms with Crippen molar-refractivity contribution in [1.82, 2.24) is 5.32 Å². The lowest BCUT2D eigenvalue weighted by Crippen LogP contribution is -2.41.